The van der Waals surface area contributed by atoms with E-state index in [4.69, 9.17) is 25.5 Å². The van der Waals surface area contributed by atoms with Gasteiger partial charge in [0.1, 0.15) is 18.3 Å². The van der Waals surface area contributed by atoms with Crippen LogP contribution in [0, 0.1) is 0 Å². The number of aliphatic hydroxyl groups is 2. The Hall–Kier alpha value is -3.49. The molecule has 2 aliphatic rings. The highest BCUT2D eigenvalue weighted by Crippen LogP contribution is 2.67. The second-order valence-electron chi connectivity index (χ2n) is 11.7. The fourth-order valence-corrected chi connectivity index (χ4v) is 9.16. The van der Waals surface area contributed by atoms with Crippen LogP contribution in [0.25, 0.3) is 22.3 Å². The zero-order valence-corrected chi connectivity index (χ0v) is 29.5. The summed E-state index contributed by atoms with van der Waals surface area (Å²) in [7, 11) is -13.7. The fraction of sp³-hybridized carbons (Fsp3) is 0.545. The highest BCUT2D eigenvalue weighted by molar-refractivity contribution is 7.66. The monoisotopic (exact) mass is 800 g/mol. The number of phosphoric acid groups is 3. The Labute approximate surface area is 289 Å². The zero-order valence-electron chi connectivity index (χ0n) is 26.8. The molecular formula is C22H33N11O16P3+. The van der Waals surface area contributed by atoms with Crippen LogP contribution in [0.3, 0.4) is 0 Å². The number of aromatic amines is 2. The molecule has 0 aliphatic carbocycles. The van der Waals surface area contributed by atoms with Crippen molar-refractivity contribution in [3.63, 3.8) is 0 Å². The van der Waals surface area contributed by atoms with Gasteiger partial charge < -0.3 is 45.8 Å². The number of nitrogens with zero attached hydrogens (tertiary/aromatic N) is 7. The fourth-order valence-electron chi connectivity index (χ4n) is 5.62. The van der Waals surface area contributed by atoms with E-state index in [9.17, 15) is 48.2 Å². The van der Waals surface area contributed by atoms with Crippen LogP contribution in [0.15, 0.2) is 22.2 Å². The van der Waals surface area contributed by atoms with Gasteiger partial charge in [-0.2, -0.15) is 23.2 Å². The summed E-state index contributed by atoms with van der Waals surface area (Å²) in [5, 5.41) is 21.0. The lowest BCUT2D eigenvalue weighted by Gasteiger charge is -2.34. The summed E-state index contributed by atoms with van der Waals surface area (Å²) in [4.78, 5) is 73.0. The number of nitrogens with one attached hydrogen (secondary N) is 2. The molecule has 11 N–H and O–H groups in total. The molecule has 2 fully saturated rings. The molecule has 6 rings (SSSR count). The van der Waals surface area contributed by atoms with Gasteiger partial charge in [-0.1, -0.05) is 0 Å². The molecule has 0 saturated carbocycles. The van der Waals surface area contributed by atoms with Gasteiger partial charge in [0.15, 0.2) is 17.4 Å². The molecule has 27 nitrogen and oxygen atoms in total. The lowest BCUT2D eigenvalue weighted by atomic mass is 10.1. The third-order valence-electron chi connectivity index (χ3n) is 7.73. The molecule has 0 bridgehead atoms. The second-order valence-corrected chi connectivity index (χ2v) is 16.3. The number of morpholine rings is 1. The number of rotatable bonds is 12. The van der Waals surface area contributed by atoms with E-state index < -0.39 is 84.7 Å². The number of hydrogen-bond donors (Lipinski definition) is 9. The Morgan fingerprint density at radius 3 is 2.19 bits per heavy atom. The third kappa shape index (κ3) is 8.03. The van der Waals surface area contributed by atoms with Crippen LogP contribution in [-0.2, 0) is 47.9 Å². The van der Waals surface area contributed by atoms with Gasteiger partial charge in [0.25, 0.3) is 16.7 Å². The van der Waals surface area contributed by atoms with Crippen molar-refractivity contribution in [2.45, 2.75) is 36.9 Å². The van der Waals surface area contributed by atoms with Gasteiger partial charge in [-0.15, -0.1) is 0 Å². The quantitative estimate of drug-likeness (QED) is 0.0499. The number of aryl methyl sites for hydroxylation is 1. The first-order valence-electron chi connectivity index (χ1n) is 14.8. The number of nitrogens with two attached hydrogens (primary N) is 2. The van der Waals surface area contributed by atoms with Gasteiger partial charge in [0.05, 0.1) is 39.2 Å². The molecule has 0 aromatic carbocycles. The minimum atomic E-state index is -5.89. The molecule has 0 radical (unpaired) electrons. The Morgan fingerprint density at radius 1 is 0.904 bits per heavy atom. The SMILES string of the molecule is CN1C[C@@H](COP(=O)(O)OP(=O)(O)OP(=O)(O)OC[C@H]2O[C@@H](n3cnc4c(=O)[nH]c(N)nc43)[C@H](O)[C@@H]2O)O[C@@H](n2c[n+](C)c3c(=O)[nH]c(N)nc32)C1. The summed E-state index contributed by atoms with van der Waals surface area (Å²) in [6.45, 7) is -1.34. The number of aliphatic hydroxyl groups excluding tert-OH is 2. The molecular weight excluding hydrogens is 767 g/mol. The van der Waals surface area contributed by atoms with E-state index in [1.165, 1.54) is 15.5 Å². The second kappa shape index (κ2) is 14.1. The number of H-pyrrole nitrogens is 2. The highest BCUT2D eigenvalue weighted by Gasteiger charge is 2.47. The van der Waals surface area contributed by atoms with Crippen LogP contribution in [0.1, 0.15) is 12.5 Å². The van der Waals surface area contributed by atoms with Gasteiger partial charge in [0.2, 0.25) is 24.5 Å². The largest absolute Gasteiger partial charge is 0.490 e. The molecule has 2 aliphatic heterocycles. The van der Waals surface area contributed by atoms with Gasteiger partial charge in [-0.05, 0) is 7.05 Å². The number of nitrogen functional groups attached to an aromatic ring is 2. The van der Waals surface area contributed by atoms with Crippen molar-refractivity contribution in [3.8, 4) is 0 Å². The van der Waals surface area contributed by atoms with Crippen LogP contribution in [-0.4, -0.2) is 122 Å². The van der Waals surface area contributed by atoms with E-state index >= 15 is 0 Å². The Morgan fingerprint density at radius 2 is 1.52 bits per heavy atom. The first-order valence-corrected chi connectivity index (χ1v) is 19.2. The molecule has 3 unspecified atom stereocenters. The average Bonchev–Trinajstić information content (AvgIpc) is 3.67. The van der Waals surface area contributed by atoms with E-state index in [2.05, 4.69) is 38.1 Å². The van der Waals surface area contributed by atoms with E-state index in [1.54, 1.807) is 19.0 Å². The van der Waals surface area contributed by atoms with Crippen molar-refractivity contribution in [1.29, 1.82) is 0 Å². The Balaban J connectivity index is 1.04. The van der Waals surface area contributed by atoms with E-state index in [0.29, 0.717) is 0 Å². The van der Waals surface area contributed by atoms with Crippen molar-refractivity contribution in [2.24, 2.45) is 7.05 Å². The molecule has 9 atom stereocenters. The lowest BCUT2D eigenvalue weighted by Crippen LogP contribution is -2.45. The molecule has 0 amide bonds. The molecule has 0 spiro atoms. The number of anilines is 2. The van der Waals surface area contributed by atoms with Crippen molar-refractivity contribution < 1.29 is 70.3 Å². The minimum absolute atomic E-state index is 0.129. The predicted octanol–water partition coefficient (Wildman–Crippen LogP) is -3.34. The molecule has 6 heterocycles. The number of hydrogen-bond acceptors (Lipinski definition) is 19. The molecule has 4 aromatic rings. The zero-order chi connectivity index (χ0) is 37.9. The standard InChI is InChI=1S/C22H32N11O16P3/c1-30-3-9(46-11(4-30)33-8-31(2)13-17(33)27-22(24)29-19(13)37)5-44-50(38,39)48-52(42,43)49-51(40,41)45-6-10-14(34)15(35)20(47-10)32-7-25-12-16(32)26-21(23)28-18(12)36/h7-11,14-15,20,34-35H,3-6H2,1-2H3,(H8-,23,24,26,27,28,29,36,37,38,39,40,41,42,43)/p+1/t9-,10+,11+,14+,15+,20+/m0/s1. The Kier molecular flexibility index (Phi) is 10.3. The average molecular weight is 800 g/mol. The summed E-state index contributed by atoms with van der Waals surface area (Å²) in [5.74, 6) is -0.434. The number of imidazole rings is 2. The van der Waals surface area contributed by atoms with E-state index in [-0.39, 0.29) is 47.3 Å². The number of likely N-dealkylation sites (N-methyl/N-ethyl adjacent to an activating group) is 1. The molecule has 30 heteroatoms. The van der Waals surface area contributed by atoms with Crippen LogP contribution in [0.2, 0.25) is 0 Å². The minimum Gasteiger partial charge on any atom is -0.387 e. The smallest absolute Gasteiger partial charge is 0.387 e. The van der Waals surface area contributed by atoms with Crippen LogP contribution in [0.4, 0.5) is 11.9 Å². The van der Waals surface area contributed by atoms with Gasteiger partial charge in [0, 0.05) is 6.54 Å². The first kappa shape index (κ1) is 38.2. The normalized spacial score (nSPS) is 27.8. The first-order chi connectivity index (χ1) is 24.2. The number of fused-ring (bicyclic) bond motifs is 2. The van der Waals surface area contributed by atoms with Gasteiger partial charge in [-0.25, -0.2) is 23.2 Å². The van der Waals surface area contributed by atoms with Crippen molar-refractivity contribution >= 4 is 57.7 Å². The van der Waals surface area contributed by atoms with E-state index in [0.717, 1.165) is 10.9 Å². The summed E-state index contributed by atoms with van der Waals surface area (Å²) in [6, 6.07) is 0. The van der Waals surface area contributed by atoms with Crippen molar-refractivity contribution in [2.75, 3.05) is 44.8 Å². The predicted molar refractivity (Wildman–Crippen MR) is 169 cm³/mol. The third-order valence-corrected chi connectivity index (χ3v) is 12.0. The molecule has 2 saturated heterocycles. The summed E-state index contributed by atoms with van der Waals surface area (Å²) in [5.41, 5.74) is 10.1. The summed E-state index contributed by atoms with van der Waals surface area (Å²) in [6.07, 6.45) is -5.75. The Bertz CT molecular complexity index is 2260. The van der Waals surface area contributed by atoms with Crippen molar-refractivity contribution in [3.05, 3.63) is 33.4 Å². The molecule has 52 heavy (non-hydrogen) atoms. The molecule has 286 valence electrons. The van der Waals surface area contributed by atoms with Crippen LogP contribution in [0.5, 0.6) is 0 Å². The number of ether oxygens (including phenoxy) is 2. The molecule has 4 aromatic heterocycles. The van der Waals surface area contributed by atoms with E-state index in [1.807, 2.05) is 0 Å². The number of phosphoric ester groups is 2. The summed E-state index contributed by atoms with van der Waals surface area (Å²) >= 11 is 0. The lowest BCUT2D eigenvalue weighted by molar-refractivity contribution is -0.646. The van der Waals surface area contributed by atoms with Gasteiger partial charge >= 0.3 is 29.0 Å². The van der Waals surface area contributed by atoms with Gasteiger partial charge in [-0.3, -0.25) is 38.1 Å². The maximum Gasteiger partial charge on any atom is 0.490 e. The highest BCUT2D eigenvalue weighted by atomic mass is 31.3. The number of aromatic nitrogens is 8. The van der Waals surface area contributed by atoms with Crippen LogP contribution >= 0.6 is 23.5 Å². The maximum absolute atomic E-state index is 12.6. The topological polar surface area (TPSA) is 381 Å². The maximum atomic E-state index is 12.6. The van der Waals surface area contributed by atoms with Crippen LogP contribution < -0.4 is 27.2 Å². The summed E-state index contributed by atoms with van der Waals surface area (Å²) < 4.78 is 70.9. The van der Waals surface area contributed by atoms with Crippen molar-refractivity contribution in [1.82, 2.24) is 39.0 Å².